The van der Waals surface area contributed by atoms with Crippen LogP contribution in [0.15, 0.2) is 12.4 Å². The fraction of sp³-hybridized carbons (Fsp3) is 0.769. The van der Waals surface area contributed by atoms with Crippen molar-refractivity contribution < 1.29 is 0 Å². The van der Waals surface area contributed by atoms with Gasteiger partial charge in [0.15, 0.2) is 0 Å². The van der Waals surface area contributed by atoms with E-state index in [1.165, 1.54) is 38.5 Å². The zero-order valence-electron chi connectivity index (χ0n) is 10.2. The van der Waals surface area contributed by atoms with Crippen molar-refractivity contribution in [2.45, 2.75) is 58.0 Å². The van der Waals surface area contributed by atoms with Crippen LogP contribution in [0.1, 0.15) is 51.3 Å². The number of aromatic amines is 1. The lowest BCUT2D eigenvalue weighted by molar-refractivity contribution is 0.334. The Kier molecular flexibility index (Phi) is 4.40. The van der Waals surface area contributed by atoms with Crippen molar-refractivity contribution in [3.8, 4) is 0 Å². The average Bonchev–Trinajstić information content (AvgIpc) is 2.66. The van der Waals surface area contributed by atoms with Gasteiger partial charge in [-0.25, -0.2) is 4.98 Å². The predicted molar refractivity (Wildman–Crippen MR) is 66.1 cm³/mol. The highest BCUT2D eigenvalue weighted by molar-refractivity contribution is 4.87. The van der Waals surface area contributed by atoms with Gasteiger partial charge in [-0.2, -0.15) is 0 Å². The summed E-state index contributed by atoms with van der Waals surface area (Å²) < 4.78 is 0. The standard InChI is InChI=1S/C13H23N3/c1-11(12-6-4-2-3-5-7-12)16-10-13-14-8-9-15-13/h8-9,11-12,16H,2-7,10H2,1H3,(H,14,15)/t11-/m0/s1. The summed E-state index contributed by atoms with van der Waals surface area (Å²) in [5, 5.41) is 3.59. The summed E-state index contributed by atoms with van der Waals surface area (Å²) in [6, 6.07) is 0.614. The molecule has 0 aliphatic heterocycles. The Morgan fingerprint density at radius 1 is 1.38 bits per heavy atom. The number of nitrogens with zero attached hydrogens (tertiary/aromatic N) is 1. The zero-order chi connectivity index (χ0) is 11.2. The van der Waals surface area contributed by atoms with Gasteiger partial charge in [-0.1, -0.05) is 25.7 Å². The van der Waals surface area contributed by atoms with Gasteiger partial charge in [-0.15, -0.1) is 0 Å². The molecule has 0 amide bonds. The minimum atomic E-state index is 0.614. The van der Waals surface area contributed by atoms with E-state index < -0.39 is 0 Å². The summed E-state index contributed by atoms with van der Waals surface area (Å²) in [7, 11) is 0. The summed E-state index contributed by atoms with van der Waals surface area (Å²) in [4.78, 5) is 7.37. The number of imidazole rings is 1. The largest absolute Gasteiger partial charge is 0.348 e. The van der Waals surface area contributed by atoms with E-state index in [-0.39, 0.29) is 0 Å². The first-order chi connectivity index (χ1) is 7.86. The predicted octanol–water partition coefficient (Wildman–Crippen LogP) is 2.86. The lowest BCUT2D eigenvalue weighted by atomic mass is 9.93. The second-order valence-corrected chi connectivity index (χ2v) is 4.96. The monoisotopic (exact) mass is 221 g/mol. The van der Waals surface area contributed by atoms with Gasteiger partial charge in [0.1, 0.15) is 5.82 Å². The molecule has 1 aromatic rings. The minimum Gasteiger partial charge on any atom is -0.348 e. The van der Waals surface area contributed by atoms with Crippen LogP contribution in [0, 0.1) is 5.92 Å². The van der Waals surface area contributed by atoms with Gasteiger partial charge >= 0.3 is 0 Å². The fourth-order valence-corrected chi connectivity index (χ4v) is 2.63. The Morgan fingerprint density at radius 2 is 2.12 bits per heavy atom. The van der Waals surface area contributed by atoms with Crippen molar-refractivity contribution in [1.29, 1.82) is 0 Å². The van der Waals surface area contributed by atoms with Gasteiger partial charge in [-0.05, 0) is 25.7 Å². The molecule has 0 bridgehead atoms. The molecule has 0 aromatic carbocycles. The molecule has 0 saturated heterocycles. The SMILES string of the molecule is C[C@H](NCc1ncc[nH]1)C1CCCCCC1. The normalized spacial score (nSPS) is 20.6. The first kappa shape index (κ1) is 11.6. The van der Waals surface area contributed by atoms with E-state index in [2.05, 4.69) is 22.2 Å². The first-order valence-electron chi connectivity index (χ1n) is 6.58. The van der Waals surface area contributed by atoms with Crippen molar-refractivity contribution >= 4 is 0 Å². The third kappa shape index (κ3) is 3.34. The third-order valence-electron chi connectivity index (χ3n) is 3.75. The molecule has 0 radical (unpaired) electrons. The first-order valence-corrected chi connectivity index (χ1v) is 6.58. The molecular weight excluding hydrogens is 198 g/mol. The highest BCUT2D eigenvalue weighted by Gasteiger charge is 2.18. The van der Waals surface area contributed by atoms with Crippen LogP contribution in [0.3, 0.4) is 0 Å². The molecule has 90 valence electrons. The van der Waals surface area contributed by atoms with Crippen LogP contribution < -0.4 is 5.32 Å². The Balaban J connectivity index is 1.75. The molecule has 1 fully saturated rings. The maximum atomic E-state index is 4.23. The molecule has 2 rings (SSSR count). The van der Waals surface area contributed by atoms with Crippen LogP contribution in [0.5, 0.6) is 0 Å². The zero-order valence-corrected chi connectivity index (χ0v) is 10.2. The summed E-state index contributed by atoms with van der Waals surface area (Å²) >= 11 is 0. The molecule has 16 heavy (non-hydrogen) atoms. The summed E-state index contributed by atoms with van der Waals surface area (Å²) in [5.74, 6) is 1.90. The molecule has 1 saturated carbocycles. The van der Waals surface area contributed by atoms with Gasteiger partial charge in [0.25, 0.3) is 0 Å². The van der Waals surface area contributed by atoms with Crippen molar-refractivity contribution in [1.82, 2.24) is 15.3 Å². The van der Waals surface area contributed by atoms with E-state index in [4.69, 9.17) is 0 Å². The molecule has 2 N–H and O–H groups in total. The van der Waals surface area contributed by atoms with Gasteiger partial charge in [0, 0.05) is 18.4 Å². The van der Waals surface area contributed by atoms with Crippen LogP contribution in [0.2, 0.25) is 0 Å². The number of hydrogen-bond acceptors (Lipinski definition) is 2. The molecule has 1 aliphatic carbocycles. The quantitative estimate of drug-likeness (QED) is 0.768. The summed E-state index contributed by atoms with van der Waals surface area (Å²) in [5.41, 5.74) is 0. The van der Waals surface area contributed by atoms with E-state index in [0.717, 1.165) is 18.3 Å². The van der Waals surface area contributed by atoms with E-state index in [1.54, 1.807) is 0 Å². The average molecular weight is 221 g/mol. The van der Waals surface area contributed by atoms with Crippen LogP contribution in [-0.2, 0) is 6.54 Å². The Labute approximate surface area is 98.1 Å². The Hall–Kier alpha value is -0.830. The van der Waals surface area contributed by atoms with Crippen LogP contribution in [0.4, 0.5) is 0 Å². The second-order valence-electron chi connectivity index (χ2n) is 4.96. The molecule has 0 unspecified atom stereocenters. The second kappa shape index (κ2) is 6.04. The molecule has 1 heterocycles. The fourth-order valence-electron chi connectivity index (χ4n) is 2.63. The van der Waals surface area contributed by atoms with Gasteiger partial charge in [0.05, 0.1) is 6.54 Å². The molecule has 1 aromatic heterocycles. The molecule has 1 aliphatic rings. The van der Waals surface area contributed by atoms with Crippen molar-refractivity contribution in [3.05, 3.63) is 18.2 Å². The minimum absolute atomic E-state index is 0.614. The summed E-state index contributed by atoms with van der Waals surface area (Å²) in [6.45, 7) is 3.18. The third-order valence-corrected chi connectivity index (χ3v) is 3.75. The van der Waals surface area contributed by atoms with Crippen molar-refractivity contribution in [2.75, 3.05) is 0 Å². The van der Waals surface area contributed by atoms with Gasteiger partial charge in [-0.3, -0.25) is 0 Å². The van der Waals surface area contributed by atoms with Crippen molar-refractivity contribution in [3.63, 3.8) is 0 Å². The summed E-state index contributed by atoms with van der Waals surface area (Å²) in [6.07, 6.45) is 12.2. The van der Waals surface area contributed by atoms with Crippen LogP contribution >= 0.6 is 0 Å². The maximum Gasteiger partial charge on any atom is 0.120 e. The number of rotatable bonds is 4. The molecule has 3 heteroatoms. The lowest BCUT2D eigenvalue weighted by Gasteiger charge is -2.23. The number of H-pyrrole nitrogens is 1. The number of nitrogens with one attached hydrogen (secondary N) is 2. The van der Waals surface area contributed by atoms with E-state index in [9.17, 15) is 0 Å². The Morgan fingerprint density at radius 3 is 2.75 bits per heavy atom. The van der Waals surface area contributed by atoms with Gasteiger partial charge < -0.3 is 10.3 Å². The molecule has 0 spiro atoms. The van der Waals surface area contributed by atoms with Crippen molar-refractivity contribution in [2.24, 2.45) is 5.92 Å². The molecular formula is C13H23N3. The topological polar surface area (TPSA) is 40.7 Å². The Bertz CT molecular complexity index is 273. The van der Waals surface area contributed by atoms with Crippen LogP contribution in [0.25, 0.3) is 0 Å². The highest BCUT2D eigenvalue weighted by Crippen LogP contribution is 2.25. The van der Waals surface area contributed by atoms with Gasteiger partial charge in [0.2, 0.25) is 0 Å². The molecule has 1 atom stereocenters. The van der Waals surface area contributed by atoms with E-state index >= 15 is 0 Å². The molecule has 3 nitrogen and oxygen atoms in total. The number of hydrogen-bond donors (Lipinski definition) is 2. The smallest absolute Gasteiger partial charge is 0.120 e. The van der Waals surface area contributed by atoms with Crippen LogP contribution in [-0.4, -0.2) is 16.0 Å². The van der Waals surface area contributed by atoms with E-state index in [0.29, 0.717) is 6.04 Å². The lowest BCUT2D eigenvalue weighted by Crippen LogP contribution is -2.33. The number of aromatic nitrogens is 2. The highest BCUT2D eigenvalue weighted by atomic mass is 15.0. The van der Waals surface area contributed by atoms with E-state index in [1.807, 2.05) is 12.4 Å². The maximum absolute atomic E-state index is 4.23.